The van der Waals surface area contributed by atoms with Crippen LogP contribution in [0.3, 0.4) is 0 Å². The van der Waals surface area contributed by atoms with Crippen molar-refractivity contribution in [1.82, 2.24) is 15.5 Å². The Bertz CT molecular complexity index is 681. The van der Waals surface area contributed by atoms with Crippen LogP contribution in [0.5, 0.6) is 5.75 Å². The third-order valence-electron chi connectivity index (χ3n) is 3.73. The number of benzene rings is 1. The molecule has 0 radical (unpaired) electrons. The van der Waals surface area contributed by atoms with Crippen LogP contribution in [0.1, 0.15) is 37.7 Å². The van der Waals surface area contributed by atoms with E-state index in [1.807, 2.05) is 6.92 Å². The van der Waals surface area contributed by atoms with E-state index in [0.29, 0.717) is 29.4 Å². The number of hydrogen-bond acceptors (Lipinski definition) is 4. The average Bonchev–Trinajstić information content (AvgIpc) is 2.96. The van der Waals surface area contributed by atoms with Crippen molar-refractivity contribution in [1.29, 1.82) is 0 Å². The minimum atomic E-state index is -0.467. The van der Waals surface area contributed by atoms with Gasteiger partial charge in [0, 0.05) is 12.1 Å². The first-order chi connectivity index (χ1) is 10.8. The number of aromatic hydroxyl groups is 1. The van der Waals surface area contributed by atoms with Crippen molar-refractivity contribution in [3.05, 3.63) is 36.0 Å². The second kappa shape index (κ2) is 6.83. The van der Waals surface area contributed by atoms with E-state index in [2.05, 4.69) is 29.4 Å². The summed E-state index contributed by atoms with van der Waals surface area (Å²) in [5.74, 6) is 0.285. The molecule has 0 saturated carbocycles. The summed E-state index contributed by atoms with van der Waals surface area (Å²) in [7, 11) is 0. The fourth-order valence-electron chi connectivity index (χ4n) is 2.69. The topological polar surface area (TPSA) is 104 Å². The van der Waals surface area contributed by atoms with Crippen LogP contribution in [-0.2, 0) is 0 Å². The Hall–Kier alpha value is -2.34. The molecule has 2 aromatic rings. The summed E-state index contributed by atoms with van der Waals surface area (Å²) in [6.45, 7) is 6.47. The lowest BCUT2D eigenvalue weighted by Gasteiger charge is -2.30. The lowest BCUT2D eigenvalue weighted by Crippen LogP contribution is -2.52. The van der Waals surface area contributed by atoms with Gasteiger partial charge in [-0.25, -0.2) is 0 Å². The normalized spacial score (nSPS) is 13.8. The second-order valence-electron chi connectivity index (χ2n) is 6.50. The van der Waals surface area contributed by atoms with Gasteiger partial charge >= 0.3 is 0 Å². The maximum atomic E-state index is 12.4. The number of H-pyrrole nitrogens is 1. The van der Waals surface area contributed by atoms with Crippen molar-refractivity contribution in [3.8, 4) is 17.0 Å². The molecule has 1 heterocycles. The van der Waals surface area contributed by atoms with E-state index >= 15 is 0 Å². The summed E-state index contributed by atoms with van der Waals surface area (Å²) in [5.41, 5.74) is 6.79. The molecule has 124 valence electrons. The maximum Gasteiger partial charge on any atom is 0.269 e. The molecule has 23 heavy (non-hydrogen) atoms. The number of nitrogens with two attached hydrogens (primary N) is 1. The van der Waals surface area contributed by atoms with Crippen LogP contribution in [0.25, 0.3) is 11.3 Å². The summed E-state index contributed by atoms with van der Waals surface area (Å²) in [5, 5.41) is 19.7. The van der Waals surface area contributed by atoms with Crippen LogP contribution in [0.15, 0.2) is 30.3 Å². The first kappa shape index (κ1) is 17.0. The standard InChI is InChI=1S/C17H24N4O2/c1-11(2)9-17(3,10-18)19-16(23)14-8-13(20-21-14)12-6-4-5-7-15(12)22/h4-8,11,22H,9-10,18H2,1-3H3,(H,19,23)(H,20,21). The van der Waals surface area contributed by atoms with Gasteiger partial charge in [-0.3, -0.25) is 9.89 Å². The summed E-state index contributed by atoms with van der Waals surface area (Å²) in [4.78, 5) is 12.4. The Morgan fingerprint density at radius 2 is 2.13 bits per heavy atom. The number of amides is 1. The molecule has 0 fully saturated rings. The molecule has 2 rings (SSSR count). The van der Waals surface area contributed by atoms with Gasteiger partial charge in [-0.15, -0.1) is 0 Å². The minimum Gasteiger partial charge on any atom is -0.507 e. The Kier molecular flexibility index (Phi) is 5.05. The molecule has 0 aliphatic heterocycles. The van der Waals surface area contributed by atoms with Gasteiger partial charge in [0.1, 0.15) is 11.4 Å². The minimum absolute atomic E-state index is 0.123. The molecular formula is C17H24N4O2. The van der Waals surface area contributed by atoms with Crippen molar-refractivity contribution in [3.63, 3.8) is 0 Å². The molecule has 1 amide bonds. The van der Waals surface area contributed by atoms with E-state index in [0.717, 1.165) is 6.42 Å². The van der Waals surface area contributed by atoms with Crippen LogP contribution < -0.4 is 11.1 Å². The van der Waals surface area contributed by atoms with Gasteiger partial charge in [-0.05, 0) is 37.5 Å². The quantitative estimate of drug-likeness (QED) is 0.656. The Morgan fingerprint density at radius 3 is 2.74 bits per heavy atom. The fraction of sp³-hybridized carbons (Fsp3) is 0.412. The predicted molar refractivity (Wildman–Crippen MR) is 90.1 cm³/mol. The Balaban J connectivity index is 2.17. The maximum absolute atomic E-state index is 12.4. The SMILES string of the molecule is CC(C)CC(C)(CN)NC(=O)c1cc(-c2ccccc2O)n[nH]1. The molecule has 0 saturated heterocycles. The zero-order chi connectivity index (χ0) is 17.0. The van der Waals surface area contributed by atoms with E-state index in [9.17, 15) is 9.90 Å². The van der Waals surface area contributed by atoms with E-state index in [1.165, 1.54) is 0 Å². The number of hydrogen-bond donors (Lipinski definition) is 4. The number of aromatic nitrogens is 2. The van der Waals surface area contributed by atoms with Crippen molar-refractivity contribution in [2.45, 2.75) is 32.7 Å². The van der Waals surface area contributed by atoms with Crippen LogP contribution >= 0.6 is 0 Å². The third-order valence-corrected chi connectivity index (χ3v) is 3.73. The van der Waals surface area contributed by atoms with Gasteiger partial charge in [0.15, 0.2) is 0 Å². The first-order valence-electron chi connectivity index (χ1n) is 7.71. The van der Waals surface area contributed by atoms with Gasteiger partial charge in [0.05, 0.1) is 11.2 Å². The van der Waals surface area contributed by atoms with E-state index in [-0.39, 0.29) is 11.7 Å². The lowest BCUT2D eigenvalue weighted by molar-refractivity contribution is 0.0893. The zero-order valence-corrected chi connectivity index (χ0v) is 13.8. The summed E-state index contributed by atoms with van der Waals surface area (Å²) in [6, 6.07) is 8.49. The van der Waals surface area contributed by atoms with E-state index in [1.54, 1.807) is 30.3 Å². The number of para-hydroxylation sites is 1. The molecule has 0 bridgehead atoms. The lowest BCUT2D eigenvalue weighted by atomic mass is 9.90. The van der Waals surface area contributed by atoms with Crippen LogP contribution in [0.4, 0.5) is 0 Å². The predicted octanol–water partition coefficient (Wildman–Crippen LogP) is 2.28. The number of carbonyl (C=O) groups is 1. The average molecular weight is 316 g/mol. The Morgan fingerprint density at radius 1 is 1.43 bits per heavy atom. The first-order valence-corrected chi connectivity index (χ1v) is 7.71. The molecule has 1 aromatic carbocycles. The van der Waals surface area contributed by atoms with Crippen LogP contribution in [0.2, 0.25) is 0 Å². The van der Waals surface area contributed by atoms with Crippen molar-refractivity contribution >= 4 is 5.91 Å². The zero-order valence-electron chi connectivity index (χ0n) is 13.8. The van der Waals surface area contributed by atoms with Gasteiger partial charge < -0.3 is 16.2 Å². The highest BCUT2D eigenvalue weighted by Crippen LogP contribution is 2.27. The van der Waals surface area contributed by atoms with Gasteiger partial charge in [-0.2, -0.15) is 5.10 Å². The summed E-state index contributed by atoms with van der Waals surface area (Å²) < 4.78 is 0. The van der Waals surface area contributed by atoms with Crippen LogP contribution in [-0.4, -0.2) is 33.3 Å². The number of carbonyl (C=O) groups excluding carboxylic acids is 1. The molecule has 1 atom stereocenters. The van der Waals surface area contributed by atoms with Gasteiger partial charge in [0.25, 0.3) is 5.91 Å². The van der Waals surface area contributed by atoms with Gasteiger partial charge in [0.2, 0.25) is 0 Å². The molecule has 6 nitrogen and oxygen atoms in total. The van der Waals surface area contributed by atoms with Crippen LogP contribution in [0, 0.1) is 5.92 Å². The third kappa shape index (κ3) is 4.10. The summed E-state index contributed by atoms with van der Waals surface area (Å²) in [6.07, 6.45) is 0.787. The van der Waals surface area contributed by atoms with E-state index < -0.39 is 5.54 Å². The number of nitrogens with zero attached hydrogens (tertiary/aromatic N) is 1. The number of nitrogens with one attached hydrogen (secondary N) is 2. The number of phenols is 1. The molecule has 5 N–H and O–H groups in total. The smallest absolute Gasteiger partial charge is 0.269 e. The molecule has 0 spiro atoms. The van der Waals surface area contributed by atoms with E-state index in [4.69, 9.17) is 5.73 Å². The molecule has 0 aliphatic carbocycles. The highest BCUT2D eigenvalue weighted by Gasteiger charge is 2.27. The molecule has 6 heteroatoms. The Labute approximate surface area is 136 Å². The van der Waals surface area contributed by atoms with Gasteiger partial charge in [-0.1, -0.05) is 26.0 Å². The second-order valence-corrected chi connectivity index (χ2v) is 6.50. The number of rotatable bonds is 6. The van der Waals surface area contributed by atoms with Crippen molar-refractivity contribution in [2.24, 2.45) is 11.7 Å². The molecule has 1 aromatic heterocycles. The monoisotopic (exact) mass is 316 g/mol. The van der Waals surface area contributed by atoms with Crippen molar-refractivity contribution in [2.75, 3.05) is 6.54 Å². The number of phenolic OH excluding ortho intramolecular Hbond substituents is 1. The molecular weight excluding hydrogens is 292 g/mol. The molecule has 1 unspecified atom stereocenters. The highest BCUT2D eigenvalue weighted by molar-refractivity contribution is 5.94. The molecule has 0 aliphatic rings. The number of aromatic amines is 1. The van der Waals surface area contributed by atoms with Crippen molar-refractivity contribution < 1.29 is 9.90 Å². The fourth-order valence-corrected chi connectivity index (χ4v) is 2.69. The highest BCUT2D eigenvalue weighted by atomic mass is 16.3. The largest absolute Gasteiger partial charge is 0.507 e. The summed E-state index contributed by atoms with van der Waals surface area (Å²) >= 11 is 0.